The van der Waals surface area contributed by atoms with Crippen molar-refractivity contribution in [3.8, 4) is 16.9 Å². The number of non-ortho nitro benzene ring substituents is 1. The van der Waals surface area contributed by atoms with Crippen LogP contribution in [0.2, 0.25) is 0 Å². The van der Waals surface area contributed by atoms with Crippen LogP contribution in [0.15, 0.2) is 78.9 Å². The van der Waals surface area contributed by atoms with E-state index in [2.05, 4.69) is 10.4 Å². The number of alkyl halides is 3. The lowest BCUT2D eigenvalue weighted by molar-refractivity contribution is -0.384. The zero-order valence-electron chi connectivity index (χ0n) is 17.8. The number of nitro groups is 1. The standard InChI is InChI=1S/C24H16F4N4O3/c25-20-7-2-1-6-19(20)21-13-22(31(30-21)17-8-10-18(11-9-17)32(34)35)23(33)29-14-15-4-3-5-16(12-15)24(26,27)28/h1-13H,14H2,(H,29,33). The van der Waals surface area contributed by atoms with Crippen molar-refractivity contribution in [2.75, 3.05) is 0 Å². The summed E-state index contributed by atoms with van der Waals surface area (Å²) in [5.41, 5.74) is -0.283. The van der Waals surface area contributed by atoms with Crippen molar-refractivity contribution in [2.24, 2.45) is 0 Å². The van der Waals surface area contributed by atoms with Crippen LogP contribution in [0.25, 0.3) is 16.9 Å². The topological polar surface area (TPSA) is 90.1 Å². The van der Waals surface area contributed by atoms with Gasteiger partial charge in [-0.2, -0.15) is 18.3 Å². The molecule has 0 spiro atoms. The molecule has 0 saturated heterocycles. The van der Waals surface area contributed by atoms with E-state index in [1.165, 1.54) is 65.3 Å². The molecule has 3 aromatic carbocycles. The minimum absolute atomic E-state index is 0.0379. The normalized spacial score (nSPS) is 11.3. The maximum atomic E-state index is 14.3. The van der Waals surface area contributed by atoms with Gasteiger partial charge in [0.1, 0.15) is 11.5 Å². The van der Waals surface area contributed by atoms with Crippen LogP contribution in [0, 0.1) is 15.9 Å². The highest BCUT2D eigenvalue weighted by molar-refractivity contribution is 5.94. The first-order valence-electron chi connectivity index (χ1n) is 10.2. The van der Waals surface area contributed by atoms with Crippen LogP contribution in [0.3, 0.4) is 0 Å². The summed E-state index contributed by atoms with van der Waals surface area (Å²) in [6.45, 7) is -0.205. The Hall–Kier alpha value is -4.54. The highest BCUT2D eigenvalue weighted by atomic mass is 19.4. The molecule has 0 fully saturated rings. The molecule has 1 N–H and O–H groups in total. The first-order chi connectivity index (χ1) is 16.6. The average molecular weight is 484 g/mol. The molecular formula is C24H16F4N4O3. The molecule has 0 saturated carbocycles. The lowest BCUT2D eigenvalue weighted by Gasteiger charge is -2.10. The first kappa shape index (κ1) is 23.6. The molecule has 0 bridgehead atoms. The van der Waals surface area contributed by atoms with Gasteiger partial charge in [-0.1, -0.05) is 24.3 Å². The van der Waals surface area contributed by atoms with Crippen LogP contribution in [-0.4, -0.2) is 20.6 Å². The van der Waals surface area contributed by atoms with Crippen LogP contribution >= 0.6 is 0 Å². The second-order valence-electron chi connectivity index (χ2n) is 7.46. The molecule has 1 aromatic heterocycles. The zero-order valence-corrected chi connectivity index (χ0v) is 17.8. The van der Waals surface area contributed by atoms with E-state index < -0.39 is 28.4 Å². The van der Waals surface area contributed by atoms with Gasteiger partial charge in [0.2, 0.25) is 0 Å². The number of aromatic nitrogens is 2. The molecule has 0 radical (unpaired) electrons. The van der Waals surface area contributed by atoms with Gasteiger partial charge in [-0.15, -0.1) is 0 Å². The van der Waals surface area contributed by atoms with E-state index in [0.717, 1.165) is 12.1 Å². The summed E-state index contributed by atoms with van der Waals surface area (Å²) in [4.78, 5) is 23.4. The number of nitrogens with zero attached hydrogens (tertiary/aromatic N) is 3. The zero-order chi connectivity index (χ0) is 25.2. The van der Waals surface area contributed by atoms with E-state index in [1.54, 1.807) is 6.07 Å². The van der Waals surface area contributed by atoms with Gasteiger partial charge in [0.15, 0.2) is 0 Å². The second-order valence-corrected chi connectivity index (χ2v) is 7.46. The summed E-state index contributed by atoms with van der Waals surface area (Å²) in [5, 5.41) is 17.8. The van der Waals surface area contributed by atoms with Gasteiger partial charge in [0, 0.05) is 24.2 Å². The number of nitrogens with one attached hydrogen (secondary N) is 1. The molecule has 178 valence electrons. The maximum absolute atomic E-state index is 14.3. The molecule has 4 rings (SSSR count). The SMILES string of the molecule is O=C(NCc1cccc(C(F)(F)F)c1)c1cc(-c2ccccc2F)nn1-c1ccc([N+](=O)[O-])cc1. The Balaban J connectivity index is 1.68. The number of amides is 1. The Morgan fingerprint density at radius 1 is 1.00 bits per heavy atom. The summed E-state index contributed by atoms with van der Waals surface area (Å²) in [7, 11) is 0. The Morgan fingerprint density at radius 2 is 1.71 bits per heavy atom. The number of halogens is 4. The number of hydrogen-bond donors (Lipinski definition) is 1. The van der Waals surface area contributed by atoms with Crippen molar-refractivity contribution in [3.63, 3.8) is 0 Å². The Labute approximate surface area is 195 Å². The summed E-state index contributed by atoms with van der Waals surface area (Å²) < 4.78 is 54.5. The van der Waals surface area contributed by atoms with Crippen LogP contribution in [0.5, 0.6) is 0 Å². The van der Waals surface area contributed by atoms with Crippen LogP contribution in [0.1, 0.15) is 21.6 Å². The van der Waals surface area contributed by atoms with Crippen molar-refractivity contribution >= 4 is 11.6 Å². The fraction of sp³-hybridized carbons (Fsp3) is 0.0833. The number of carbonyl (C=O) groups is 1. The van der Waals surface area contributed by atoms with Crippen LogP contribution in [0.4, 0.5) is 23.2 Å². The fourth-order valence-corrected chi connectivity index (χ4v) is 3.39. The van der Waals surface area contributed by atoms with E-state index in [-0.39, 0.29) is 34.7 Å². The molecule has 0 aliphatic rings. The smallest absolute Gasteiger partial charge is 0.347 e. The Kier molecular flexibility index (Phi) is 6.32. The van der Waals surface area contributed by atoms with Crippen LogP contribution < -0.4 is 5.32 Å². The largest absolute Gasteiger partial charge is 0.416 e. The minimum Gasteiger partial charge on any atom is -0.347 e. The molecule has 0 unspecified atom stereocenters. The van der Waals surface area contributed by atoms with Crippen molar-refractivity contribution in [1.29, 1.82) is 0 Å². The molecule has 4 aromatic rings. The number of hydrogen-bond acceptors (Lipinski definition) is 4. The Morgan fingerprint density at radius 3 is 2.37 bits per heavy atom. The highest BCUT2D eigenvalue weighted by Gasteiger charge is 2.30. The molecule has 0 aliphatic heterocycles. The molecule has 7 nitrogen and oxygen atoms in total. The maximum Gasteiger partial charge on any atom is 0.416 e. The van der Waals surface area contributed by atoms with Crippen molar-refractivity contribution in [3.05, 3.63) is 112 Å². The van der Waals surface area contributed by atoms with E-state index in [0.29, 0.717) is 5.69 Å². The summed E-state index contributed by atoms with van der Waals surface area (Å²) in [5.74, 6) is -1.26. The molecule has 0 aliphatic carbocycles. The van der Waals surface area contributed by atoms with Crippen molar-refractivity contribution < 1.29 is 27.3 Å². The number of nitro benzene ring substituents is 1. The third-order valence-electron chi connectivity index (χ3n) is 5.10. The Bertz CT molecular complexity index is 1400. The average Bonchev–Trinajstić information content (AvgIpc) is 3.28. The second kappa shape index (κ2) is 9.37. The van der Waals surface area contributed by atoms with Crippen molar-refractivity contribution in [1.82, 2.24) is 15.1 Å². The lowest BCUT2D eigenvalue weighted by Crippen LogP contribution is -2.25. The quantitative estimate of drug-likeness (QED) is 0.221. The van der Waals surface area contributed by atoms with Crippen LogP contribution in [-0.2, 0) is 12.7 Å². The molecule has 1 heterocycles. The van der Waals surface area contributed by atoms with Gasteiger partial charge in [0.05, 0.1) is 21.9 Å². The van der Waals surface area contributed by atoms with E-state index >= 15 is 0 Å². The number of rotatable bonds is 6. The lowest BCUT2D eigenvalue weighted by atomic mass is 10.1. The molecule has 11 heteroatoms. The number of carbonyl (C=O) groups excluding carboxylic acids is 1. The summed E-state index contributed by atoms with van der Waals surface area (Å²) in [6, 6.07) is 16.9. The van der Waals surface area contributed by atoms with Gasteiger partial charge >= 0.3 is 6.18 Å². The molecular weight excluding hydrogens is 468 g/mol. The van der Waals surface area contributed by atoms with Gasteiger partial charge in [-0.3, -0.25) is 14.9 Å². The monoisotopic (exact) mass is 484 g/mol. The van der Waals surface area contributed by atoms with Gasteiger partial charge < -0.3 is 5.32 Å². The fourth-order valence-electron chi connectivity index (χ4n) is 3.39. The third kappa shape index (κ3) is 5.18. The number of benzene rings is 3. The predicted molar refractivity (Wildman–Crippen MR) is 118 cm³/mol. The summed E-state index contributed by atoms with van der Waals surface area (Å²) >= 11 is 0. The summed E-state index contributed by atoms with van der Waals surface area (Å²) in [6.07, 6.45) is -4.52. The van der Waals surface area contributed by atoms with E-state index in [4.69, 9.17) is 0 Å². The van der Waals surface area contributed by atoms with Gasteiger partial charge in [0.25, 0.3) is 11.6 Å². The molecule has 35 heavy (non-hydrogen) atoms. The van der Waals surface area contributed by atoms with E-state index in [9.17, 15) is 32.5 Å². The van der Waals surface area contributed by atoms with Gasteiger partial charge in [-0.25, -0.2) is 9.07 Å². The first-order valence-corrected chi connectivity index (χ1v) is 10.2. The minimum atomic E-state index is -4.52. The molecule has 1 amide bonds. The third-order valence-corrected chi connectivity index (χ3v) is 5.10. The van der Waals surface area contributed by atoms with Gasteiger partial charge in [-0.05, 0) is 48.0 Å². The highest BCUT2D eigenvalue weighted by Crippen LogP contribution is 2.30. The van der Waals surface area contributed by atoms with Crippen molar-refractivity contribution in [2.45, 2.75) is 12.7 Å². The molecule has 0 atom stereocenters. The van der Waals surface area contributed by atoms with E-state index in [1.807, 2.05) is 0 Å². The predicted octanol–water partition coefficient (Wildman–Crippen LogP) is 5.54.